The fourth-order valence-corrected chi connectivity index (χ4v) is 4.93. The smallest absolute Gasteiger partial charge is 0.250 e. The molecule has 10 heteroatoms. The molecule has 0 bridgehead atoms. The fourth-order valence-electron chi connectivity index (χ4n) is 3.92. The Kier molecular flexibility index (Phi) is 9.45. The van der Waals surface area contributed by atoms with Crippen molar-refractivity contribution in [1.29, 1.82) is 0 Å². The van der Waals surface area contributed by atoms with Gasteiger partial charge in [0, 0.05) is 15.7 Å². The average Bonchev–Trinajstić information content (AvgIpc) is 3.44. The molecule has 1 heterocycles. The van der Waals surface area contributed by atoms with Gasteiger partial charge in [0.25, 0.3) is 5.91 Å². The third-order valence-corrected chi connectivity index (χ3v) is 7.37. The number of amides is 1. The van der Waals surface area contributed by atoms with Crippen LogP contribution in [0.4, 0.5) is 0 Å². The number of rotatable bonds is 11. The largest absolute Gasteiger partial charge is 0.493 e. The lowest BCUT2D eigenvalue weighted by molar-refractivity contribution is -0.118. The predicted molar refractivity (Wildman–Crippen MR) is 165 cm³/mol. The second-order valence-electron chi connectivity index (χ2n) is 8.75. The number of para-hydroxylation sites is 1. The lowest BCUT2D eigenvalue weighted by Gasteiger charge is -2.11. The van der Waals surface area contributed by atoms with Crippen LogP contribution in [0.5, 0.6) is 11.5 Å². The van der Waals surface area contributed by atoms with Crippen molar-refractivity contribution in [2.75, 3.05) is 12.9 Å². The van der Waals surface area contributed by atoms with E-state index in [-0.39, 0.29) is 11.7 Å². The maximum Gasteiger partial charge on any atom is 0.250 e. The van der Waals surface area contributed by atoms with E-state index < -0.39 is 0 Å². The number of aromatic nitrogens is 3. The minimum absolute atomic E-state index is 0.109. The Morgan fingerprint density at radius 3 is 2.41 bits per heavy atom. The SMILES string of the molecule is COc1cc(C=NNC(=O)CSc2nnc(-c3ccc(Br)cc3)n2-c2ccccc2)ccc1OCc1ccccc1. The van der Waals surface area contributed by atoms with Crippen molar-refractivity contribution in [3.63, 3.8) is 0 Å². The minimum atomic E-state index is -0.270. The minimum Gasteiger partial charge on any atom is -0.493 e. The van der Waals surface area contributed by atoms with Crippen LogP contribution in [0.25, 0.3) is 17.1 Å². The molecule has 0 spiro atoms. The van der Waals surface area contributed by atoms with Crippen LogP contribution in [-0.4, -0.2) is 39.7 Å². The molecule has 0 aliphatic heterocycles. The first-order chi connectivity index (χ1) is 20.1. The van der Waals surface area contributed by atoms with E-state index in [1.807, 2.05) is 102 Å². The molecule has 5 aromatic rings. The lowest BCUT2D eigenvalue weighted by atomic mass is 10.2. The normalized spacial score (nSPS) is 11.0. The molecular formula is C31H26BrN5O3S. The van der Waals surface area contributed by atoms with E-state index in [1.165, 1.54) is 11.8 Å². The number of methoxy groups -OCH3 is 1. The summed E-state index contributed by atoms with van der Waals surface area (Å²) in [7, 11) is 1.58. The van der Waals surface area contributed by atoms with Crippen molar-refractivity contribution < 1.29 is 14.3 Å². The van der Waals surface area contributed by atoms with Gasteiger partial charge in [-0.15, -0.1) is 10.2 Å². The molecule has 5 rings (SSSR count). The van der Waals surface area contributed by atoms with Crippen molar-refractivity contribution in [1.82, 2.24) is 20.2 Å². The summed E-state index contributed by atoms with van der Waals surface area (Å²) in [5, 5.41) is 13.5. The van der Waals surface area contributed by atoms with Crippen LogP contribution < -0.4 is 14.9 Å². The molecule has 0 atom stereocenters. The summed E-state index contributed by atoms with van der Waals surface area (Å²) in [4.78, 5) is 12.6. The topological polar surface area (TPSA) is 90.6 Å². The maximum absolute atomic E-state index is 12.6. The molecule has 0 aliphatic rings. The highest BCUT2D eigenvalue weighted by Crippen LogP contribution is 2.30. The Labute approximate surface area is 250 Å². The zero-order chi connectivity index (χ0) is 28.4. The highest BCUT2D eigenvalue weighted by molar-refractivity contribution is 9.10. The van der Waals surface area contributed by atoms with Crippen LogP contribution >= 0.6 is 27.7 Å². The molecule has 1 N–H and O–H groups in total. The van der Waals surface area contributed by atoms with Gasteiger partial charge < -0.3 is 9.47 Å². The summed E-state index contributed by atoms with van der Waals surface area (Å²) in [6.45, 7) is 0.432. The van der Waals surface area contributed by atoms with Crippen LogP contribution in [0.3, 0.4) is 0 Å². The van der Waals surface area contributed by atoms with Crippen LogP contribution in [0, 0.1) is 0 Å². The average molecular weight is 629 g/mol. The highest BCUT2D eigenvalue weighted by atomic mass is 79.9. The molecule has 8 nitrogen and oxygen atoms in total. The third kappa shape index (κ3) is 7.41. The van der Waals surface area contributed by atoms with Gasteiger partial charge in [-0.2, -0.15) is 5.10 Å². The highest BCUT2D eigenvalue weighted by Gasteiger charge is 2.17. The molecular weight excluding hydrogens is 602 g/mol. The van der Waals surface area contributed by atoms with E-state index in [1.54, 1.807) is 19.4 Å². The van der Waals surface area contributed by atoms with Crippen LogP contribution in [0.1, 0.15) is 11.1 Å². The van der Waals surface area contributed by atoms with Crippen LogP contribution in [0.15, 0.2) is 118 Å². The van der Waals surface area contributed by atoms with E-state index >= 15 is 0 Å². The summed E-state index contributed by atoms with van der Waals surface area (Å²) < 4.78 is 14.3. The first-order valence-corrected chi connectivity index (χ1v) is 14.4. The molecule has 0 saturated carbocycles. The summed E-state index contributed by atoms with van der Waals surface area (Å²) in [5.41, 5.74) is 6.21. The Balaban J connectivity index is 1.21. The molecule has 1 amide bonds. The molecule has 1 aromatic heterocycles. The van der Waals surface area contributed by atoms with Gasteiger partial charge in [0.05, 0.1) is 19.1 Å². The van der Waals surface area contributed by atoms with E-state index in [0.717, 1.165) is 26.9 Å². The number of benzene rings is 4. The second kappa shape index (κ2) is 13.8. The summed E-state index contributed by atoms with van der Waals surface area (Å²) in [5.74, 6) is 1.73. The van der Waals surface area contributed by atoms with Crippen molar-refractivity contribution in [3.05, 3.63) is 119 Å². The number of hydrazone groups is 1. The quantitative estimate of drug-likeness (QED) is 0.102. The van der Waals surface area contributed by atoms with E-state index in [2.05, 4.69) is 36.7 Å². The Bertz CT molecular complexity index is 1630. The Hall–Kier alpha value is -4.41. The number of halogens is 1. The van der Waals surface area contributed by atoms with E-state index in [0.29, 0.717) is 29.1 Å². The molecule has 206 valence electrons. The van der Waals surface area contributed by atoms with Crippen LogP contribution in [0.2, 0.25) is 0 Å². The third-order valence-electron chi connectivity index (χ3n) is 5.91. The van der Waals surface area contributed by atoms with Gasteiger partial charge in [0.1, 0.15) is 6.61 Å². The van der Waals surface area contributed by atoms with Gasteiger partial charge in [-0.3, -0.25) is 9.36 Å². The lowest BCUT2D eigenvalue weighted by Crippen LogP contribution is -2.20. The number of ether oxygens (including phenoxy) is 2. The van der Waals surface area contributed by atoms with Gasteiger partial charge in [0.2, 0.25) is 0 Å². The zero-order valence-electron chi connectivity index (χ0n) is 22.1. The second-order valence-corrected chi connectivity index (χ2v) is 10.6. The number of hydrogen-bond acceptors (Lipinski definition) is 7. The summed E-state index contributed by atoms with van der Waals surface area (Å²) in [6.07, 6.45) is 1.56. The van der Waals surface area contributed by atoms with Gasteiger partial charge in [0.15, 0.2) is 22.5 Å². The molecule has 0 saturated heterocycles. The maximum atomic E-state index is 12.6. The van der Waals surface area contributed by atoms with Crippen LogP contribution in [-0.2, 0) is 11.4 Å². The number of nitrogens with one attached hydrogen (secondary N) is 1. The fraction of sp³-hybridized carbons (Fsp3) is 0.0968. The van der Waals surface area contributed by atoms with Crippen molar-refractivity contribution in [3.8, 4) is 28.6 Å². The first kappa shape index (κ1) is 28.1. The Morgan fingerprint density at radius 2 is 1.68 bits per heavy atom. The molecule has 4 aromatic carbocycles. The molecule has 41 heavy (non-hydrogen) atoms. The molecule has 0 radical (unpaired) electrons. The molecule has 0 aliphatic carbocycles. The number of nitrogens with zero attached hydrogens (tertiary/aromatic N) is 4. The predicted octanol–water partition coefficient (Wildman–Crippen LogP) is 6.53. The van der Waals surface area contributed by atoms with Gasteiger partial charge in [-0.25, -0.2) is 5.43 Å². The summed E-state index contributed by atoms with van der Waals surface area (Å²) >= 11 is 4.76. The van der Waals surface area contributed by atoms with E-state index in [4.69, 9.17) is 9.47 Å². The van der Waals surface area contributed by atoms with Gasteiger partial charge in [-0.1, -0.05) is 88.4 Å². The number of carbonyl (C=O) groups is 1. The number of carbonyl (C=O) groups excluding carboxylic acids is 1. The number of thioether (sulfide) groups is 1. The Morgan fingerprint density at radius 1 is 0.951 bits per heavy atom. The van der Waals surface area contributed by atoms with Gasteiger partial charge >= 0.3 is 0 Å². The monoisotopic (exact) mass is 627 g/mol. The number of hydrogen-bond donors (Lipinski definition) is 1. The molecule has 0 unspecified atom stereocenters. The first-order valence-electron chi connectivity index (χ1n) is 12.7. The van der Waals surface area contributed by atoms with Crippen molar-refractivity contribution >= 4 is 39.8 Å². The summed E-state index contributed by atoms with van der Waals surface area (Å²) in [6, 6.07) is 33.0. The van der Waals surface area contributed by atoms with Crippen molar-refractivity contribution in [2.24, 2.45) is 5.10 Å². The standard InChI is InChI=1S/C31H26BrN5O3S/c1-39-28-18-23(12-17-27(28)40-20-22-8-4-2-5-9-22)19-33-34-29(38)21-41-31-36-35-30(24-13-15-25(32)16-14-24)37(31)26-10-6-3-7-11-26/h2-19H,20-21H2,1H3,(H,34,38). The molecule has 0 fully saturated rings. The zero-order valence-corrected chi connectivity index (χ0v) is 24.5. The van der Waals surface area contributed by atoms with Gasteiger partial charge in [-0.05, 0) is 53.6 Å². The van der Waals surface area contributed by atoms with Crippen molar-refractivity contribution in [2.45, 2.75) is 11.8 Å². The van der Waals surface area contributed by atoms with E-state index in [9.17, 15) is 4.79 Å².